The van der Waals surface area contributed by atoms with Gasteiger partial charge in [-0.15, -0.1) is 0 Å². The van der Waals surface area contributed by atoms with E-state index in [4.69, 9.17) is 0 Å². The first-order valence-corrected chi connectivity index (χ1v) is 17.4. The summed E-state index contributed by atoms with van der Waals surface area (Å²) in [5, 5.41) is 12.6. The van der Waals surface area contributed by atoms with E-state index in [1.165, 1.54) is 98.4 Å². The lowest BCUT2D eigenvalue weighted by Crippen LogP contribution is -1.94. The highest BCUT2D eigenvalue weighted by Crippen LogP contribution is 2.48. The maximum atomic E-state index is 2.45. The van der Waals surface area contributed by atoms with E-state index in [-0.39, 0.29) is 0 Å². The Hall–Kier alpha value is -6.50. The minimum atomic E-state index is 1.22. The Morgan fingerprint density at radius 3 is 1.36 bits per heavy atom. The van der Waals surface area contributed by atoms with Gasteiger partial charge in [-0.1, -0.05) is 182 Å². The van der Waals surface area contributed by atoms with Crippen molar-refractivity contribution in [3.05, 3.63) is 194 Å². The first kappa shape index (κ1) is 28.5. The second-order valence-corrected chi connectivity index (χ2v) is 13.2. The molecule has 232 valence electrons. The van der Waals surface area contributed by atoms with Crippen LogP contribution >= 0.6 is 0 Å². The van der Waals surface area contributed by atoms with Crippen LogP contribution < -0.4 is 0 Å². The SMILES string of the molecule is c1ccc(-c2c3ccccc3c(-c3cccc4ccccc34)c3cc(-c4cccc5ccccc45)ccc23)c(-c2ccc3ccccc3c2)c1. The molecule has 0 spiro atoms. The maximum absolute atomic E-state index is 2.45. The molecule has 0 radical (unpaired) electrons. The quantitative estimate of drug-likeness (QED) is 0.169. The van der Waals surface area contributed by atoms with Crippen molar-refractivity contribution in [2.45, 2.75) is 0 Å². The van der Waals surface area contributed by atoms with E-state index in [2.05, 4.69) is 194 Å². The predicted molar refractivity (Wildman–Crippen MR) is 216 cm³/mol. The Bertz CT molecular complexity index is 2920. The van der Waals surface area contributed by atoms with Crippen LogP contribution in [0, 0.1) is 0 Å². The lowest BCUT2D eigenvalue weighted by molar-refractivity contribution is 1.62. The monoisotopic (exact) mass is 632 g/mol. The van der Waals surface area contributed by atoms with E-state index < -0.39 is 0 Å². The molecule has 10 aromatic rings. The molecule has 0 N–H and O–H groups in total. The van der Waals surface area contributed by atoms with E-state index in [1.54, 1.807) is 0 Å². The van der Waals surface area contributed by atoms with E-state index in [0.29, 0.717) is 0 Å². The zero-order valence-corrected chi connectivity index (χ0v) is 27.5. The van der Waals surface area contributed by atoms with Crippen molar-refractivity contribution >= 4 is 53.9 Å². The van der Waals surface area contributed by atoms with Crippen LogP contribution in [-0.4, -0.2) is 0 Å². The van der Waals surface area contributed by atoms with E-state index in [1.807, 2.05) is 0 Å². The van der Waals surface area contributed by atoms with Gasteiger partial charge < -0.3 is 0 Å². The second kappa shape index (κ2) is 11.6. The molecule has 0 atom stereocenters. The van der Waals surface area contributed by atoms with Gasteiger partial charge in [-0.25, -0.2) is 0 Å². The van der Waals surface area contributed by atoms with Crippen molar-refractivity contribution in [1.29, 1.82) is 0 Å². The summed E-state index contributed by atoms with van der Waals surface area (Å²) in [5.74, 6) is 0. The van der Waals surface area contributed by atoms with Crippen molar-refractivity contribution < 1.29 is 0 Å². The number of hydrogen-bond acceptors (Lipinski definition) is 0. The zero-order valence-electron chi connectivity index (χ0n) is 27.5. The van der Waals surface area contributed by atoms with Gasteiger partial charge >= 0.3 is 0 Å². The van der Waals surface area contributed by atoms with Crippen LogP contribution in [0.15, 0.2) is 194 Å². The highest BCUT2D eigenvalue weighted by molar-refractivity contribution is 6.25. The molecule has 10 rings (SSSR count). The van der Waals surface area contributed by atoms with Crippen LogP contribution in [0.25, 0.3) is 98.4 Å². The van der Waals surface area contributed by atoms with Crippen molar-refractivity contribution in [2.24, 2.45) is 0 Å². The van der Waals surface area contributed by atoms with Gasteiger partial charge in [-0.2, -0.15) is 0 Å². The molecule has 0 aliphatic rings. The highest BCUT2D eigenvalue weighted by Gasteiger charge is 2.21. The average Bonchev–Trinajstić information content (AvgIpc) is 3.19. The maximum Gasteiger partial charge on any atom is -0.00199 e. The molecule has 0 bridgehead atoms. The molecule has 0 aliphatic carbocycles. The molecular weight excluding hydrogens is 601 g/mol. The third kappa shape index (κ3) is 4.54. The Kier molecular flexibility index (Phi) is 6.60. The van der Waals surface area contributed by atoms with Crippen molar-refractivity contribution in [1.82, 2.24) is 0 Å². The van der Waals surface area contributed by atoms with Gasteiger partial charge in [0, 0.05) is 0 Å². The average molecular weight is 633 g/mol. The van der Waals surface area contributed by atoms with Gasteiger partial charge in [0.1, 0.15) is 0 Å². The van der Waals surface area contributed by atoms with Crippen LogP contribution in [0.3, 0.4) is 0 Å². The normalized spacial score (nSPS) is 11.6. The lowest BCUT2D eigenvalue weighted by Gasteiger charge is -2.21. The molecule has 0 heterocycles. The summed E-state index contributed by atoms with van der Waals surface area (Å²) in [6.07, 6.45) is 0. The molecule has 0 nitrogen and oxygen atoms in total. The molecule has 0 aromatic heterocycles. The summed E-state index contributed by atoms with van der Waals surface area (Å²) in [7, 11) is 0. The third-order valence-electron chi connectivity index (χ3n) is 10.4. The summed E-state index contributed by atoms with van der Waals surface area (Å²) in [5.41, 5.74) is 9.98. The van der Waals surface area contributed by atoms with E-state index in [0.717, 1.165) is 0 Å². The smallest absolute Gasteiger partial charge is 0.00199 e. The fourth-order valence-corrected chi connectivity index (χ4v) is 8.16. The van der Waals surface area contributed by atoms with Crippen molar-refractivity contribution in [3.8, 4) is 44.5 Å². The van der Waals surface area contributed by atoms with E-state index in [9.17, 15) is 0 Å². The van der Waals surface area contributed by atoms with Crippen molar-refractivity contribution in [2.75, 3.05) is 0 Å². The summed E-state index contributed by atoms with van der Waals surface area (Å²) >= 11 is 0. The number of hydrogen-bond donors (Lipinski definition) is 0. The molecule has 50 heavy (non-hydrogen) atoms. The number of benzene rings is 10. The second-order valence-electron chi connectivity index (χ2n) is 13.2. The fourth-order valence-electron chi connectivity index (χ4n) is 8.16. The van der Waals surface area contributed by atoms with E-state index >= 15 is 0 Å². The summed E-state index contributed by atoms with van der Waals surface area (Å²) < 4.78 is 0. The molecule has 0 aliphatic heterocycles. The first-order valence-electron chi connectivity index (χ1n) is 17.4. The van der Waals surface area contributed by atoms with Crippen LogP contribution in [0.1, 0.15) is 0 Å². The largest absolute Gasteiger partial charge is 0.0616 e. The Balaban J connectivity index is 1.34. The molecule has 0 amide bonds. The van der Waals surface area contributed by atoms with Crippen LogP contribution in [0.2, 0.25) is 0 Å². The molecular formula is C50H32. The summed E-state index contributed by atoms with van der Waals surface area (Å²) in [6.45, 7) is 0. The van der Waals surface area contributed by atoms with Gasteiger partial charge in [0.25, 0.3) is 0 Å². The molecule has 0 saturated heterocycles. The third-order valence-corrected chi connectivity index (χ3v) is 10.4. The summed E-state index contributed by atoms with van der Waals surface area (Å²) in [6, 6.07) is 71.4. The standard InChI is InChI=1S/C50H32/c1-2-16-36-31-37(28-27-33(36)13-1)42-21-7-8-22-43(42)49-45-23-9-10-24-46(45)50(44-26-12-18-35-15-4-6-20-40(35)44)48-32-38(29-30-47(48)49)41-25-11-17-34-14-3-5-19-39(34)41/h1-32H. The summed E-state index contributed by atoms with van der Waals surface area (Å²) in [4.78, 5) is 0. The molecule has 10 aromatic carbocycles. The molecule has 0 saturated carbocycles. The van der Waals surface area contributed by atoms with Crippen LogP contribution in [0.4, 0.5) is 0 Å². The molecule has 0 unspecified atom stereocenters. The topological polar surface area (TPSA) is 0 Å². The Morgan fingerprint density at radius 2 is 0.640 bits per heavy atom. The van der Waals surface area contributed by atoms with Gasteiger partial charge in [-0.3, -0.25) is 0 Å². The lowest BCUT2D eigenvalue weighted by atomic mass is 9.82. The Labute approximate surface area is 291 Å². The molecule has 0 fully saturated rings. The number of rotatable bonds is 4. The van der Waals surface area contributed by atoms with Gasteiger partial charge in [-0.05, 0) is 111 Å². The molecule has 0 heteroatoms. The van der Waals surface area contributed by atoms with Crippen LogP contribution in [-0.2, 0) is 0 Å². The van der Waals surface area contributed by atoms with Crippen LogP contribution in [0.5, 0.6) is 0 Å². The highest BCUT2D eigenvalue weighted by atomic mass is 14.2. The zero-order chi connectivity index (χ0) is 33.0. The minimum Gasteiger partial charge on any atom is -0.0616 e. The fraction of sp³-hybridized carbons (Fsp3) is 0. The number of fused-ring (bicyclic) bond motifs is 5. The minimum absolute atomic E-state index is 1.22. The first-order chi connectivity index (χ1) is 24.8. The van der Waals surface area contributed by atoms with Gasteiger partial charge in [0.2, 0.25) is 0 Å². The predicted octanol–water partition coefficient (Wildman–Crippen LogP) is 14.1. The van der Waals surface area contributed by atoms with Crippen molar-refractivity contribution in [3.63, 3.8) is 0 Å². The van der Waals surface area contributed by atoms with Gasteiger partial charge in [0.05, 0.1) is 0 Å². The van der Waals surface area contributed by atoms with Gasteiger partial charge in [0.15, 0.2) is 0 Å². The Morgan fingerprint density at radius 1 is 0.200 bits per heavy atom.